The number of phenols is 1. The van der Waals surface area contributed by atoms with Crippen molar-refractivity contribution in [3.63, 3.8) is 0 Å². The molecule has 114 valence electrons. The van der Waals surface area contributed by atoms with Crippen LogP contribution in [0, 0.1) is 0 Å². The van der Waals surface area contributed by atoms with Gasteiger partial charge in [-0.05, 0) is 40.9 Å². The third-order valence-electron chi connectivity index (χ3n) is 3.39. The van der Waals surface area contributed by atoms with Gasteiger partial charge in [-0.25, -0.2) is 0 Å². The number of benzene rings is 2. The molecule has 0 aliphatic carbocycles. The van der Waals surface area contributed by atoms with Crippen LogP contribution in [0.1, 0.15) is 18.6 Å². The lowest BCUT2D eigenvalue weighted by molar-refractivity contribution is 0.474. The Hall–Kier alpha value is -1.91. The van der Waals surface area contributed by atoms with Crippen LogP contribution in [-0.4, -0.2) is 16.6 Å². The molecule has 2 aromatic carbocycles. The van der Waals surface area contributed by atoms with E-state index in [4.69, 9.17) is 12.2 Å². The largest absolute Gasteiger partial charge is 0.507 e. The Morgan fingerprint density at radius 1 is 1.09 bits per heavy atom. The van der Waals surface area contributed by atoms with Crippen LogP contribution >= 0.6 is 23.6 Å². The quantitative estimate of drug-likeness (QED) is 0.677. The summed E-state index contributed by atoms with van der Waals surface area (Å²) in [7, 11) is 0. The monoisotopic (exact) mass is 329 g/mol. The van der Waals surface area contributed by atoms with Crippen LogP contribution < -0.4 is 5.32 Å². The number of phenolic OH excluding ortho intramolecular Hbond substituents is 1. The molecule has 1 aromatic heterocycles. The highest BCUT2D eigenvalue weighted by Gasteiger charge is 2.07. The number of rotatable bonds is 4. The summed E-state index contributed by atoms with van der Waals surface area (Å²) in [6, 6.07) is 15.6. The molecule has 3 aromatic rings. The van der Waals surface area contributed by atoms with Crippen molar-refractivity contribution in [3.8, 4) is 5.75 Å². The first kappa shape index (κ1) is 16.5. The van der Waals surface area contributed by atoms with Crippen LogP contribution in [-0.2, 0) is 6.42 Å². The van der Waals surface area contributed by atoms with E-state index in [1.165, 1.54) is 15.6 Å². The Balaban J connectivity index is 0.00000176. The van der Waals surface area contributed by atoms with Crippen LogP contribution in [0.25, 0.3) is 10.1 Å². The summed E-state index contributed by atoms with van der Waals surface area (Å²) in [5.74, 6) is 0.219. The molecule has 0 saturated heterocycles. The molecule has 0 unspecified atom stereocenters. The Bertz CT molecular complexity index is 779. The molecule has 0 amide bonds. The first-order valence-electron chi connectivity index (χ1n) is 6.77. The maximum atomic E-state index is 9.78. The second-order valence-electron chi connectivity index (χ2n) is 4.78. The van der Waals surface area contributed by atoms with Crippen molar-refractivity contribution in [1.29, 1.82) is 0 Å². The predicted molar refractivity (Wildman–Crippen MR) is 100 cm³/mol. The number of para-hydroxylation sites is 1. The highest BCUT2D eigenvalue weighted by Crippen LogP contribution is 2.25. The third kappa shape index (κ3) is 3.46. The van der Waals surface area contributed by atoms with E-state index in [-0.39, 0.29) is 13.2 Å². The Morgan fingerprint density at radius 2 is 1.82 bits per heavy atom. The molecule has 3 rings (SSSR count). The van der Waals surface area contributed by atoms with E-state index in [0.717, 1.165) is 13.0 Å². The molecule has 0 spiro atoms. The molecule has 0 bridgehead atoms. The Kier molecular flexibility index (Phi) is 5.52. The van der Waals surface area contributed by atoms with E-state index in [0.29, 0.717) is 10.6 Å². The minimum Gasteiger partial charge on any atom is -0.507 e. The lowest BCUT2D eigenvalue weighted by Gasteiger charge is -2.09. The molecule has 1 heterocycles. The maximum Gasteiger partial charge on any atom is 0.125 e. The number of fused-ring (bicyclic) bond motifs is 1. The van der Waals surface area contributed by atoms with Gasteiger partial charge < -0.3 is 10.4 Å². The molecule has 0 fully saturated rings. The van der Waals surface area contributed by atoms with Crippen LogP contribution in [0.3, 0.4) is 0 Å². The van der Waals surface area contributed by atoms with Gasteiger partial charge in [-0.15, -0.1) is 11.3 Å². The molecule has 2 nitrogen and oxygen atoms in total. The predicted octanol–water partition coefficient (Wildman–Crippen LogP) is 4.75. The van der Waals surface area contributed by atoms with E-state index in [2.05, 4.69) is 35.0 Å². The van der Waals surface area contributed by atoms with Crippen LogP contribution in [0.5, 0.6) is 5.75 Å². The molecule has 22 heavy (non-hydrogen) atoms. The van der Waals surface area contributed by atoms with E-state index < -0.39 is 0 Å². The fourth-order valence-electron chi connectivity index (χ4n) is 2.30. The molecular formula is C18H19NOS2. The van der Waals surface area contributed by atoms with Crippen molar-refractivity contribution in [2.24, 2.45) is 0 Å². The van der Waals surface area contributed by atoms with Gasteiger partial charge in [0.1, 0.15) is 10.7 Å². The number of thiophene rings is 1. The number of aromatic hydroxyl groups is 1. The molecule has 0 aliphatic heterocycles. The summed E-state index contributed by atoms with van der Waals surface area (Å²) in [5.41, 5.74) is 2.02. The minimum absolute atomic E-state index is 0. The first-order chi connectivity index (χ1) is 10.3. The molecule has 4 heteroatoms. The second-order valence-corrected chi connectivity index (χ2v) is 6.10. The van der Waals surface area contributed by atoms with Crippen LogP contribution in [0.15, 0.2) is 53.9 Å². The van der Waals surface area contributed by atoms with Crippen molar-refractivity contribution in [2.45, 2.75) is 13.8 Å². The van der Waals surface area contributed by atoms with Gasteiger partial charge in [0, 0.05) is 11.2 Å². The summed E-state index contributed by atoms with van der Waals surface area (Å²) in [6.45, 7) is 0.758. The normalized spacial score (nSPS) is 10.2. The topological polar surface area (TPSA) is 32.3 Å². The van der Waals surface area contributed by atoms with Gasteiger partial charge in [-0.2, -0.15) is 0 Å². The van der Waals surface area contributed by atoms with E-state index in [9.17, 15) is 5.11 Å². The van der Waals surface area contributed by atoms with Gasteiger partial charge in [0.25, 0.3) is 0 Å². The van der Waals surface area contributed by atoms with E-state index in [1.54, 1.807) is 23.5 Å². The van der Waals surface area contributed by atoms with Gasteiger partial charge in [0.2, 0.25) is 0 Å². The zero-order chi connectivity index (χ0) is 14.7. The van der Waals surface area contributed by atoms with Gasteiger partial charge in [0.15, 0.2) is 0 Å². The molecule has 0 aliphatic rings. The molecule has 0 atom stereocenters. The number of nitrogens with one attached hydrogen (secondary N) is 1. The van der Waals surface area contributed by atoms with Gasteiger partial charge >= 0.3 is 0 Å². The van der Waals surface area contributed by atoms with Crippen molar-refractivity contribution < 1.29 is 5.11 Å². The molecular weight excluding hydrogens is 310 g/mol. The van der Waals surface area contributed by atoms with Gasteiger partial charge in [-0.1, -0.05) is 50.0 Å². The highest BCUT2D eigenvalue weighted by atomic mass is 32.1. The average molecular weight is 329 g/mol. The summed E-state index contributed by atoms with van der Waals surface area (Å²) in [5, 5.41) is 16.5. The fourth-order valence-corrected chi connectivity index (χ4v) is 3.57. The average Bonchev–Trinajstić information content (AvgIpc) is 2.91. The minimum atomic E-state index is 0. The number of hydrogen-bond donors (Lipinski definition) is 2. The van der Waals surface area contributed by atoms with Crippen molar-refractivity contribution in [1.82, 2.24) is 5.32 Å². The lowest BCUT2D eigenvalue weighted by atomic mass is 10.1. The zero-order valence-corrected chi connectivity index (χ0v) is 13.0. The second kappa shape index (κ2) is 7.38. The first-order valence-corrected chi connectivity index (χ1v) is 8.06. The molecule has 0 radical (unpaired) electrons. The molecule has 2 N–H and O–H groups in total. The van der Waals surface area contributed by atoms with Crippen LogP contribution in [0.2, 0.25) is 0 Å². The van der Waals surface area contributed by atoms with Crippen LogP contribution in [0.4, 0.5) is 0 Å². The van der Waals surface area contributed by atoms with Crippen molar-refractivity contribution in [3.05, 3.63) is 65.0 Å². The standard InChI is InChI=1S/C17H15NOS2.CH4/c19-15-7-3-1-6-14(15)17(20)18-10-9-12-11-21-16-8-4-2-5-13(12)16;/h1-8,11,19H,9-10H2,(H,18,20);1H4. The Morgan fingerprint density at radius 3 is 2.64 bits per heavy atom. The third-order valence-corrected chi connectivity index (χ3v) is 4.77. The number of thiocarbonyl (C=S) groups is 1. The smallest absolute Gasteiger partial charge is 0.125 e. The summed E-state index contributed by atoms with van der Waals surface area (Å²) >= 11 is 7.10. The zero-order valence-electron chi connectivity index (χ0n) is 11.4. The van der Waals surface area contributed by atoms with Crippen molar-refractivity contribution >= 4 is 38.6 Å². The molecule has 0 saturated carbocycles. The Labute approximate surface area is 140 Å². The van der Waals surface area contributed by atoms with E-state index in [1.807, 2.05) is 12.1 Å². The maximum absolute atomic E-state index is 9.78. The fraction of sp³-hybridized carbons (Fsp3) is 0.167. The van der Waals surface area contributed by atoms with Gasteiger partial charge in [-0.3, -0.25) is 0 Å². The SMILES string of the molecule is C.Oc1ccccc1C(=S)NCCc1csc2ccccc12. The highest BCUT2D eigenvalue weighted by molar-refractivity contribution is 7.80. The number of hydrogen-bond acceptors (Lipinski definition) is 3. The van der Waals surface area contributed by atoms with Crippen molar-refractivity contribution in [2.75, 3.05) is 6.54 Å². The lowest BCUT2D eigenvalue weighted by Crippen LogP contribution is -2.24. The van der Waals surface area contributed by atoms with Gasteiger partial charge in [0.05, 0.1) is 5.56 Å². The summed E-state index contributed by atoms with van der Waals surface area (Å²) in [4.78, 5) is 0.590. The summed E-state index contributed by atoms with van der Waals surface area (Å²) < 4.78 is 1.32. The van der Waals surface area contributed by atoms with E-state index >= 15 is 0 Å². The summed E-state index contributed by atoms with van der Waals surface area (Å²) in [6.07, 6.45) is 0.914.